The van der Waals surface area contributed by atoms with Gasteiger partial charge in [0.2, 0.25) is 0 Å². The molecule has 2 unspecified atom stereocenters. The number of nitrogens with two attached hydrogens (primary N) is 1. The van der Waals surface area contributed by atoms with Crippen LogP contribution in [0, 0.1) is 5.92 Å². The van der Waals surface area contributed by atoms with Crippen LogP contribution in [0.5, 0.6) is 0 Å². The average molecular weight is 171 g/mol. The van der Waals surface area contributed by atoms with E-state index >= 15 is 0 Å². The molecule has 0 aromatic carbocycles. The maximum Gasteiger partial charge on any atom is 0.389 e. The van der Waals surface area contributed by atoms with Crippen LogP contribution in [-0.2, 0) is 0 Å². The second-order valence-corrected chi connectivity index (χ2v) is 2.64. The molecule has 5 heteroatoms. The molecule has 0 heterocycles. The molecule has 0 radical (unpaired) electrons. The van der Waals surface area contributed by atoms with E-state index in [1.807, 2.05) is 0 Å². The largest absolute Gasteiger partial charge is 0.395 e. The Morgan fingerprint density at radius 1 is 1.45 bits per heavy atom. The Balaban J connectivity index is 3.77. The van der Waals surface area contributed by atoms with Crippen molar-refractivity contribution in [3.63, 3.8) is 0 Å². The lowest BCUT2D eigenvalue weighted by molar-refractivity contribution is -0.145. The van der Waals surface area contributed by atoms with Crippen molar-refractivity contribution in [1.29, 1.82) is 0 Å². The summed E-state index contributed by atoms with van der Waals surface area (Å²) in [6.07, 6.45) is -5.12. The van der Waals surface area contributed by atoms with Crippen LogP contribution < -0.4 is 5.73 Å². The maximum absolute atomic E-state index is 11.7. The zero-order valence-corrected chi connectivity index (χ0v) is 6.23. The standard InChI is InChI=1S/C6H12F3NO/c1-4(5(10)3-11)2-6(7,8)9/h4-5,11H,2-3,10H2,1H3. The first-order chi connectivity index (χ1) is 4.87. The number of rotatable bonds is 3. The van der Waals surface area contributed by atoms with E-state index in [1.165, 1.54) is 6.92 Å². The molecule has 2 atom stereocenters. The van der Waals surface area contributed by atoms with Gasteiger partial charge >= 0.3 is 6.18 Å². The number of aliphatic hydroxyl groups excluding tert-OH is 1. The van der Waals surface area contributed by atoms with E-state index in [0.29, 0.717) is 0 Å². The Labute approximate surface area is 63.2 Å². The van der Waals surface area contributed by atoms with Gasteiger partial charge in [0.25, 0.3) is 0 Å². The SMILES string of the molecule is CC(CC(F)(F)F)C(N)CO. The summed E-state index contributed by atoms with van der Waals surface area (Å²) in [7, 11) is 0. The lowest BCUT2D eigenvalue weighted by Crippen LogP contribution is -2.34. The Kier molecular flexibility index (Phi) is 3.82. The van der Waals surface area contributed by atoms with Gasteiger partial charge in [0.05, 0.1) is 6.61 Å². The van der Waals surface area contributed by atoms with E-state index in [2.05, 4.69) is 0 Å². The monoisotopic (exact) mass is 171 g/mol. The molecule has 0 fully saturated rings. The van der Waals surface area contributed by atoms with Gasteiger partial charge in [0.1, 0.15) is 0 Å². The molecule has 3 N–H and O–H groups in total. The van der Waals surface area contributed by atoms with Crippen LogP contribution >= 0.6 is 0 Å². The number of aliphatic hydroxyl groups is 1. The third-order valence-corrected chi connectivity index (χ3v) is 1.50. The third kappa shape index (κ3) is 5.03. The molecule has 0 aromatic rings. The molecule has 0 saturated heterocycles. The van der Waals surface area contributed by atoms with Gasteiger partial charge < -0.3 is 10.8 Å². The van der Waals surface area contributed by atoms with E-state index in [4.69, 9.17) is 10.8 Å². The summed E-state index contributed by atoms with van der Waals surface area (Å²) in [5.41, 5.74) is 5.17. The van der Waals surface area contributed by atoms with Crippen LogP contribution in [0.15, 0.2) is 0 Å². The molecular formula is C6H12F3NO. The molecule has 11 heavy (non-hydrogen) atoms. The fourth-order valence-electron chi connectivity index (χ4n) is 0.696. The quantitative estimate of drug-likeness (QED) is 0.662. The first-order valence-corrected chi connectivity index (χ1v) is 3.30. The van der Waals surface area contributed by atoms with Gasteiger partial charge in [0.15, 0.2) is 0 Å². The predicted molar refractivity (Wildman–Crippen MR) is 34.9 cm³/mol. The smallest absolute Gasteiger partial charge is 0.389 e. The molecular weight excluding hydrogens is 159 g/mol. The molecule has 0 aliphatic heterocycles. The molecule has 68 valence electrons. The molecule has 0 aliphatic rings. The van der Waals surface area contributed by atoms with Crippen LogP contribution in [0.25, 0.3) is 0 Å². The fraction of sp³-hybridized carbons (Fsp3) is 1.00. The molecule has 2 nitrogen and oxygen atoms in total. The van der Waals surface area contributed by atoms with Crippen LogP contribution in [0.1, 0.15) is 13.3 Å². The molecule has 0 rings (SSSR count). The minimum Gasteiger partial charge on any atom is -0.395 e. The van der Waals surface area contributed by atoms with Crippen LogP contribution in [0.4, 0.5) is 13.2 Å². The van der Waals surface area contributed by atoms with Crippen molar-refractivity contribution in [2.24, 2.45) is 11.7 Å². The van der Waals surface area contributed by atoms with Crippen LogP contribution in [0.3, 0.4) is 0 Å². The molecule has 0 aliphatic carbocycles. The summed E-state index contributed by atoms with van der Waals surface area (Å²) >= 11 is 0. The highest BCUT2D eigenvalue weighted by molar-refractivity contribution is 4.70. The number of alkyl halides is 3. The zero-order chi connectivity index (χ0) is 9.07. The van der Waals surface area contributed by atoms with Crippen molar-refractivity contribution in [3.8, 4) is 0 Å². The van der Waals surface area contributed by atoms with Gasteiger partial charge in [0, 0.05) is 12.5 Å². The van der Waals surface area contributed by atoms with E-state index in [-0.39, 0.29) is 0 Å². The van der Waals surface area contributed by atoms with E-state index in [1.54, 1.807) is 0 Å². The minimum atomic E-state index is -4.19. The van der Waals surface area contributed by atoms with Gasteiger partial charge in [-0.3, -0.25) is 0 Å². The Morgan fingerprint density at radius 3 is 2.18 bits per heavy atom. The van der Waals surface area contributed by atoms with Gasteiger partial charge in [-0.2, -0.15) is 13.2 Å². The second-order valence-electron chi connectivity index (χ2n) is 2.64. The third-order valence-electron chi connectivity index (χ3n) is 1.50. The highest BCUT2D eigenvalue weighted by atomic mass is 19.4. The molecule has 0 spiro atoms. The topological polar surface area (TPSA) is 46.2 Å². The predicted octanol–water partition coefficient (Wildman–Crippen LogP) is 0.895. The number of hydrogen-bond acceptors (Lipinski definition) is 2. The summed E-state index contributed by atoms with van der Waals surface area (Å²) in [6.45, 7) is 0.964. The zero-order valence-electron chi connectivity index (χ0n) is 6.23. The Morgan fingerprint density at radius 2 is 1.91 bits per heavy atom. The van der Waals surface area contributed by atoms with Gasteiger partial charge in [-0.05, 0) is 5.92 Å². The second kappa shape index (κ2) is 3.92. The van der Waals surface area contributed by atoms with E-state index < -0.39 is 31.2 Å². The van der Waals surface area contributed by atoms with E-state index in [9.17, 15) is 13.2 Å². The first-order valence-electron chi connectivity index (χ1n) is 3.30. The lowest BCUT2D eigenvalue weighted by atomic mass is 10.00. The number of halogens is 3. The van der Waals surface area contributed by atoms with Crippen molar-refractivity contribution in [3.05, 3.63) is 0 Å². The molecule has 0 saturated carbocycles. The van der Waals surface area contributed by atoms with Crippen molar-refractivity contribution in [1.82, 2.24) is 0 Å². The maximum atomic E-state index is 11.7. The summed E-state index contributed by atoms with van der Waals surface area (Å²) < 4.78 is 35.0. The average Bonchev–Trinajstić information content (AvgIpc) is 1.82. The summed E-state index contributed by atoms with van der Waals surface area (Å²) in [5, 5.41) is 8.41. The minimum absolute atomic E-state index is 0.406. The van der Waals surface area contributed by atoms with Gasteiger partial charge in [-0.25, -0.2) is 0 Å². The molecule has 0 bridgehead atoms. The highest BCUT2D eigenvalue weighted by Gasteiger charge is 2.31. The lowest BCUT2D eigenvalue weighted by Gasteiger charge is -2.18. The normalized spacial score (nSPS) is 18.0. The molecule has 0 amide bonds. The summed E-state index contributed by atoms with van der Waals surface area (Å²) in [5.74, 6) is -0.722. The first kappa shape index (κ1) is 10.7. The summed E-state index contributed by atoms with van der Waals surface area (Å²) in [6, 6.07) is -0.781. The van der Waals surface area contributed by atoms with Crippen molar-refractivity contribution in [2.45, 2.75) is 25.6 Å². The van der Waals surface area contributed by atoms with Gasteiger partial charge in [-0.1, -0.05) is 6.92 Å². The Hall–Kier alpha value is -0.290. The Bertz CT molecular complexity index is 115. The van der Waals surface area contributed by atoms with E-state index in [0.717, 1.165) is 0 Å². The van der Waals surface area contributed by atoms with Gasteiger partial charge in [-0.15, -0.1) is 0 Å². The molecule has 0 aromatic heterocycles. The van der Waals surface area contributed by atoms with Crippen LogP contribution in [-0.4, -0.2) is 23.9 Å². The fourth-order valence-corrected chi connectivity index (χ4v) is 0.696. The van der Waals surface area contributed by atoms with Crippen molar-refractivity contribution < 1.29 is 18.3 Å². The van der Waals surface area contributed by atoms with Crippen LogP contribution in [0.2, 0.25) is 0 Å². The summed E-state index contributed by atoms with van der Waals surface area (Å²) in [4.78, 5) is 0. The van der Waals surface area contributed by atoms with Crippen molar-refractivity contribution >= 4 is 0 Å². The highest BCUT2D eigenvalue weighted by Crippen LogP contribution is 2.25. The number of hydrogen-bond donors (Lipinski definition) is 2. The van der Waals surface area contributed by atoms with Crippen molar-refractivity contribution in [2.75, 3.05) is 6.61 Å².